The third kappa shape index (κ3) is 4.92. The van der Waals surface area contributed by atoms with Gasteiger partial charge in [0.05, 0.1) is 24.6 Å². The van der Waals surface area contributed by atoms with Crippen LogP contribution in [0.5, 0.6) is 0 Å². The largest absolute Gasteiger partial charge is 0.390 e. The SMILES string of the molecule is [C-]#[N+]c1ccc(-c2cn3cc(C(=O)N(C)C[C@H](O)CN4CCc5ccccc5C4)nc3cn2)cc1. The first-order chi connectivity index (χ1) is 17.0. The van der Waals surface area contributed by atoms with Crippen LogP contribution < -0.4 is 0 Å². The highest BCUT2D eigenvalue weighted by molar-refractivity contribution is 5.92. The van der Waals surface area contributed by atoms with E-state index >= 15 is 0 Å². The Balaban J connectivity index is 1.23. The molecule has 4 aromatic rings. The van der Waals surface area contributed by atoms with Gasteiger partial charge in [-0.3, -0.25) is 14.7 Å². The van der Waals surface area contributed by atoms with Crippen LogP contribution in [0.15, 0.2) is 67.1 Å². The Hall–Kier alpha value is -4.06. The summed E-state index contributed by atoms with van der Waals surface area (Å²) in [6.07, 6.45) is 5.43. The molecule has 35 heavy (non-hydrogen) atoms. The zero-order valence-corrected chi connectivity index (χ0v) is 19.5. The molecular weight excluding hydrogens is 440 g/mol. The molecule has 176 valence electrons. The molecule has 8 nitrogen and oxygen atoms in total. The molecule has 0 fully saturated rings. The van der Waals surface area contributed by atoms with Crippen LogP contribution in [0, 0.1) is 6.57 Å². The molecule has 0 saturated carbocycles. The first-order valence-corrected chi connectivity index (χ1v) is 11.6. The number of rotatable bonds is 6. The Bertz CT molecular complexity index is 1410. The quantitative estimate of drug-likeness (QED) is 0.441. The van der Waals surface area contributed by atoms with E-state index in [0.29, 0.717) is 23.6 Å². The number of aliphatic hydroxyl groups excluding tert-OH is 1. The monoisotopic (exact) mass is 466 g/mol. The smallest absolute Gasteiger partial charge is 0.273 e. The molecular formula is C27H26N6O2. The van der Waals surface area contributed by atoms with Gasteiger partial charge in [-0.05, 0) is 23.1 Å². The summed E-state index contributed by atoms with van der Waals surface area (Å²) in [6.45, 7) is 9.52. The molecule has 5 rings (SSSR count). The van der Waals surface area contributed by atoms with Gasteiger partial charge < -0.3 is 14.4 Å². The molecule has 2 aromatic carbocycles. The maximum Gasteiger partial charge on any atom is 0.273 e. The molecule has 0 unspecified atom stereocenters. The van der Waals surface area contributed by atoms with E-state index in [2.05, 4.69) is 37.9 Å². The van der Waals surface area contributed by atoms with Gasteiger partial charge in [-0.15, -0.1) is 0 Å². The Morgan fingerprint density at radius 2 is 1.94 bits per heavy atom. The lowest BCUT2D eigenvalue weighted by Crippen LogP contribution is -2.42. The van der Waals surface area contributed by atoms with Crippen molar-refractivity contribution in [3.05, 3.63) is 95.4 Å². The second-order valence-corrected chi connectivity index (χ2v) is 8.92. The predicted molar refractivity (Wildman–Crippen MR) is 133 cm³/mol. The number of imidazole rings is 1. The lowest BCUT2D eigenvalue weighted by molar-refractivity contribution is 0.0565. The highest BCUT2D eigenvalue weighted by Gasteiger charge is 2.22. The van der Waals surface area contributed by atoms with Crippen LogP contribution in [0.1, 0.15) is 21.6 Å². The second-order valence-electron chi connectivity index (χ2n) is 8.92. The van der Waals surface area contributed by atoms with E-state index in [0.717, 1.165) is 30.8 Å². The van der Waals surface area contributed by atoms with Gasteiger partial charge in [0.15, 0.2) is 11.3 Å². The number of hydrogen-bond acceptors (Lipinski definition) is 5. The van der Waals surface area contributed by atoms with Gasteiger partial charge >= 0.3 is 0 Å². The van der Waals surface area contributed by atoms with Crippen molar-refractivity contribution in [1.29, 1.82) is 0 Å². The summed E-state index contributed by atoms with van der Waals surface area (Å²) in [7, 11) is 1.68. The van der Waals surface area contributed by atoms with Crippen LogP contribution in [0.4, 0.5) is 5.69 Å². The molecule has 1 amide bonds. The van der Waals surface area contributed by atoms with Gasteiger partial charge in [0.25, 0.3) is 5.91 Å². The average Bonchev–Trinajstić information content (AvgIpc) is 3.31. The first kappa shape index (κ1) is 22.7. The van der Waals surface area contributed by atoms with Gasteiger partial charge in [-0.2, -0.15) is 0 Å². The summed E-state index contributed by atoms with van der Waals surface area (Å²) >= 11 is 0. The standard InChI is InChI=1S/C27H26N6O2/c1-28-22-9-7-20(8-10-22)24-17-33-18-25(30-26(33)13-29-24)27(35)31(2)15-23(34)16-32-12-11-19-5-3-4-6-21(19)14-32/h3-10,13,17-18,23,34H,11-12,14-16H2,2H3/t23-/m0/s1. The number of aromatic nitrogens is 3. The molecule has 0 spiro atoms. The number of hydrogen-bond donors (Lipinski definition) is 1. The summed E-state index contributed by atoms with van der Waals surface area (Å²) in [5.41, 5.74) is 5.70. The Morgan fingerprint density at radius 1 is 1.17 bits per heavy atom. The molecule has 1 aliphatic rings. The minimum atomic E-state index is -0.655. The molecule has 1 atom stereocenters. The van der Waals surface area contributed by atoms with Crippen molar-refractivity contribution in [2.75, 3.05) is 26.7 Å². The van der Waals surface area contributed by atoms with E-state index in [1.54, 1.807) is 36.0 Å². The number of carbonyl (C=O) groups excluding carboxylic acids is 1. The van der Waals surface area contributed by atoms with Crippen LogP contribution in [-0.2, 0) is 13.0 Å². The van der Waals surface area contributed by atoms with Crippen molar-refractivity contribution in [1.82, 2.24) is 24.2 Å². The fraction of sp³-hybridized carbons (Fsp3) is 0.259. The number of nitrogens with zero attached hydrogens (tertiary/aromatic N) is 6. The van der Waals surface area contributed by atoms with Crippen molar-refractivity contribution in [2.24, 2.45) is 0 Å². The number of benzene rings is 2. The molecule has 0 aliphatic carbocycles. The molecule has 1 N–H and O–H groups in total. The minimum absolute atomic E-state index is 0.224. The van der Waals surface area contributed by atoms with Crippen LogP contribution in [-0.4, -0.2) is 68.0 Å². The van der Waals surface area contributed by atoms with Gasteiger partial charge in [-0.25, -0.2) is 9.83 Å². The Kier molecular flexibility index (Phi) is 6.27. The third-order valence-electron chi connectivity index (χ3n) is 6.36. The number of fused-ring (bicyclic) bond motifs is 2. The van der Waals surface area contributed by atoms with E-state index in [4.69, 9.17) is 6.57 Å². The van der Waals surface area contributed by atoms with Crippen LogP contribution >= 0.6 is 0 Å². The second kappa shape index (κ2) is 9.66. The maximum atomic E-state index is 13.0. The molecule has 0 radical (unpaired) electrons. The lowest BCUT2D eigenvalue weighted by Gasteiger charge is -2.31. The zero-order valence-electron chi connectivity index (χ0n) is 19.5. The van der Waals surface area contributed by atoms with E-state index in [1.165, 1.54) is 16.0 Å². The topological polar surface area (TPSA) is 78.3 Å². The number of carbonyl (C=O) groups is 1. The average molecular weight is 467 g/mol. The van der Waals surface area contributed by atoms with Crippen LogP contribution in [0.2, 0.25) is 0 Å². The molecule has 2 aromatic heterocycles. The molecule has 1 aliphatic heterocycles. The number of aliphatic hydroxyl groups is 1. The van der Waals surface area contributed by atoms with Gasteiger partial charge in [0.2, 0.25) is 0 Å². The Morgan fingerprint density at radius 3 is 2.71 bits per heavy atom. The third-order valence-corrected chi connectivity index (χ3v) is 6.36. The van der Waals surface area contributed by atoms with E-state index in [1.807, 2.05) is 24.4 Å². The van der Waals surface area contributed by atoms with E-state index in [9.17, 15) is 9.90 Å². The van der Waals surface area contributed by atoms with E-state index in [-0.39, 0.29) is 12.5 Å². The molecule has 0 bridgehead atoms. The molecule has 3 heterocycles. The number of β-amino-alcohol motifs (C(OH)–C–C–N with tert-alkyl or cyclic N) is 1. The number of likely N-dealkylation sites (N-methyl/N-ethyl adjacent to an activating group) is 1. The summed E-state index contributed by atoms with van der Waals surface area (Å²) in [5, 5.41) is 10.7. The van der Waals surface area contributed by atoms with Crippen molar-refractivity contribution >= 4 is 17.2 Å². The molecule has 0 saturated heterocycles. The normalized spacial score (nSPS) is 14.3. The van der Waals surface area contributed by atoms with Crippen molar-refractivity contribution < 1.29 is 9.90 Å². The van der Waals surface area contributed by atoms with Crippen molar-refractivity contribution in [3.63, 3.8) is 0 Å². The molecule has 8 heteroatoms. The zero-order chi connectivity index (χ0) is 24.4. The highest BCUT2D eigenvalue weighted by atomic mass is 16.3. The summed E-state index contributed by atoms with van der Waals surface area (Å²) in [6, 6.07) is 15.6. The lowest BCUT2D eigenvalue weighted by atomic mass is 10.00. The van der Waals surface area contributed by atoms with Gasteiger partial charge in [0.1, 0.15) is 5.69 Å². The summed E-state index contributed by atoms with van der Waals surface area (Å²) in [4.78, 5) is 29.0. The minimum Gasteiger partial charge on any atom is -0.390 e. The summed E-state index contributed by atoms with van der Waals surface area (Å²) in [5.74, 6) is -0.250. The van der Waals surface area contributed by atoms with Crippen LogP contribution in [0.3, 0.4) is 0 Å². The van der Waals surface area contributed by atoms with Gasteiger partial charge in [-0.1, -0.05) is 48.5 Å². The highest BCUT2D eigenvalue weighted by Crippen LogP contribution is 2.22. The number of amides is 1. The fourth-order valence-electron chi connectivity index (χ4n) is 4.52. The maximum absolute atomic E-state index is 13.0. The van der Waals surface area contributed by atoms with Crippen molar-refractivity contribution in [3.8, 4) is 11.3 Å². The summed E-state index contributed by atoms with van der Waals surface area (Å²) < 4.78 is 1.77. The van der Waals surface area contributed by atoms with E-state index < -0.39 is 6.10 Å². The van der Waals surface area contributed by atoms with Crippen LogP contribution in [0.25, 0.3) is 21.7 Å². The van der Waals surface area contributed by atoms with Gasteiger partial charge in [0, 0.05) is 45.6 Å². The fourth-order valence-corrected chi connectivity index (χ4v) is 4.52. The Labute approximate surface area is 203 Å². The van der Waals surface area contributed by atoms with Crippen molar-refractivity contribution in [2.45, 2.75) is 19.1 Å². The predicted octanol–water partition coefficient (Wildman–Crippen LogP) is 3.44. The first-order valence-electron chi connectivity index (χ1n) is 11.6.